The van der Waals surface area contributed by atoms with Crippen LogP contribution in [0, 0.1) is 11.8 Å². The molecule has 2 fully saturated rings. The van der Waals surface area contributed by atoms with Crippen LogP contribution in [-0.4, -0.2) is 47.8 Å². The maximum atomic E-state index is 13.4. The number of carbonyl (C=O) groups excluding carboxylic acids is 3. The molecule has 0 unspecified atom stereocenters. The Labute approximate surface area is 208 Å². The molecule has 0 aromatic heterocycles. The summed E-state index contributed by atoms with van der Waals surface area (Å²) in [5, 5.41) is 8.45. The average Bonchev–Trinajstić information content (AvgIpc) is 2.87. The number of hydrogen-bond acceptors (Lipinski definition) is 3. The fourth-order valence-corrected chi connectivity index (χ4v) is 5.43. The second-order valence-electron chi connectivity index (χ2n) is 10.6. The molecule has 0 radical (unpaired) electrons. The van der Waals surface area contributed by atoms with Crippen LogP contribution in [0.3, 0.4) is 0 Å². The van der Waals surface area contributed by atoms with Crippen LogP contribution < -0.4 is 10.6 Å². The number of nitrogens with zero attached hydrogens (tertiary/aromatic N) is 1. The van der Waals surface area contributed by atoms with Crippen LogP contribution in [0.1, 0.15) is 64.4 Å². The van der Waals surface area contributed by atoms with Crippen molar-refractivity contribution in [2.24, 2.45) is 11.8 Å². The zero-order chi connectivity index (χ0) is 24.8. The van der Waals surface area contributed by atoms with Crippen molar-refractivity contribution in [2.75, 3.05) is 13.1 Å². The first-order valence-corrected chi connectivity index (χ1v) is 13.3. The molecule has 1 saturated heterocycles. The molecule has 2 N–H and O–H groups in total. The molecular formula is C29H39N3O3. The number of fused-ring (bicyclic) bond motifs is 1. The predicted octanol–water partition coefficient (Wildman–Crippen LogP) is 4.21. The van der Waals surface area contributed by atoms with Gasteiger partial charge in [0.1, 0.15) is 6.04 Å². The van der Waals surface area contributed by atoms with Gasteiger partial charge in [-0.05, 0) is 47.9 Å². The third kappa shape index (κ3) is 6.62. The van der Waals surface area contributed by atoms with Crippen molar-refractivity contribution in [1.82, 2.24) is 15.5 Å². The topological polar surface area (TPSA) is 78.5 Å². The van der Waals surface area contributed by atoms with Gasteiger partial charge in [0.25, 0.3) is 0 Å². The Kier molecular flexibility index (Phi) is 8.42. The van der Waals surface area contributed by atoms with Gasteiger partial charge in [-0.25, -0.2) is 0 Å². The monoisotopic (exact) mass is 477 g/mol. The first-order valence-electron chi connectivity index (χ1n) is 13.3. The summed E-state index contributed by atoms with van der Waals surface area (Å²) in [5.74, 6) is -0.371. The number of piperidine rings is 1. The lowest BCUT2D eigenvalue weighted by molar-refractivity contribution is -0.141. The molecule has 3 amide bonds. The van der Waals surface area contributed by atoms with Gasteiger partial charge in [-0.1, -0.05) is 75.6 Å². The van der Waals surface area contributed by atoms with Gasteiger partial charge >= 0.3 is 0 Å². The maximum absolute atomic E-state index is 13.4. The third-order valence-corrected chi connectivity index (χ3v) is 7.48. The van der Waals surface area contributed by atoms with Crippen LogP contribution in [0.5, 0.6) is 0 Å². The Morgan fingerprint density at radius 1 is 0.943 bits per heavy atom. The van der Waals surface area contributed by atoms with Crippen molar-refractivity contribution in [3.05, 3.63) is 48.0 Å². The summed E-state index contributed by atoms with van der Waals surface area (Å²) in [4.78, 5) is 41.0. The SMILES string of the molecule is CC(C)[C@@H](NC(=O)Cc1ccc2ccccc2c1)C(=O)N1CCC[C@H](C(=O)NC2CCCCC2)C1. The molecule has 4 rings (SSSR count). The van der Waals surface area contributed by atoms with Crippen molar-refractivity contribution in [3.8, 4) is 0 Å². The second-order valence-corrected chi connectivity index (χ2v) is 10.6. The van der Waals surface area contributed by atoms with Gasteiger partial charge < -0.3 is 15.5 Å². The number of hydrogen-bond donors (Lipinski definition) is 2. The number of amides is 3. The summed E-state index contributed by atoms with van der Waals surface area (Å²) in [6.07, 6.45) is 7.56. The second kappa shape index (κ2) is 11.7. The lowest BCUT2D eigenvalue weighted by atomic mass is 9.92. The van der Waals surface area contributed by atoms with Crippen molar-refractivity contribution in [1.29, 1.82) is 0 Å². The number of nitrogens with one attached hydrogen (secondary N) is 2. The zero-order valence-electron chi connectivity index (χ0n) is 21.1. The molecule has 0 bridgehead atoms. The third-order valence-electron chi connectivity index (χ3n) is 7.48. The Hall–Kier alpha value is -2.89. The number of rotatable bonds is 7. The Morgan fingerprint density at radius 2 is 1.69 bits per heavy atom. The minimum absolute atomic E-state index is 0.0421. The fraction of sp³-hybridized carbons (Fsp3) is 0.552. The molecule has 6 nitrogen and oxygen atoms in total. The maximum Gasteiger partial charge on any atom is 0.245 e. The van der Waals surface area contributed by atoms with Crippen molar-refractivity contribution < 1.29 is 14.4 Å². The van der Waals surface area contributed by atoms with E-state index in [-0.39, 0.29) is 42.0 Å². The van der Waals surface area contributed by atoms with Gasteiger partial charge in [-0.15, -0.1) is 0 Å². The smallest absolute Gasteiger partial charge is 0.245 e. The average molecular weight is 478 g/mol. The highest BCUT2D eigenvalue weighted by Gasteiger charge is 2.34. The van der Waals surface area contributed by atoms with E-state index in [1.165, 1.54) is 19.3 Å². The molecule has 35 heavy (non-hydrogen) atoms. The highest BCUT2D eigenvalue weighted by atomic mass is 16.2. The molecule has 188 valence electrons. The minimum Gasteiger partial charge on any atom is -0.353 e. The van der Waals surface area contributed by atoms with E-state index in [0.29, 0.717) is 13.1 Å². The minimum atomic E-state index is -0.594. The van der Waals surface area contributed by atoms with Gasteiger partial charge in [0.05, 0.1) is 12.3 Å². The van der Waals surface area contributed by atoms with Crippen LogP contribution in [0.4, 0.5) is 0 Å². The zero-order valence-corrected chi connectivity index (χ0v) is 21.1. The van der Waals surface area contributed by atoms with Gasteiger partial charge in [-0.2, -0.15) is 0 Å². The molecule has 2 atom stereocenters. The quantitative estimate of drug-likeness (QED) is 0.627. The molecular weight excluding hydrogens is 438 g/mol. The highest BCUT2D eigenvalue weighted by molar-refractivity contribution is 5.90. The number of benzene rings is 2. The van der Waals surface area contributed by atoms with E-state index >= 15 is 0 Å². The number of likely N-dealkylation sites (tertiary alicyclic amines) is 1. The molecule has 2 aromatic carbocycles. The van der Waals surface area contributed by atoms with E-state index in [4.69, 9.17) is 0 Å². The van der Waals surface area contributed by atoms with Gasteiger partial charge in [0, 0.05) is 19.1 Å². The summed E-state index contributed by atoms with van der Waals surface area (Å²) >= 11 is 0. The summed E-state index contributed by atoms with van der Waals surface area (Å²) in [5.41, 5.74) is 0.925. The van der Waals surface area contributed by atoms with Crippen LogP contribution in [-0.2, 0) is 20.8 Å². The first-order chi connectivity index (χ1) is 16.9. The Bertz CT molecular complexity index is 1040. The molecule has 2 aromatic rings. The van der Waals surface area contributed by atoms with E-state index < -0.39 is 6.04 Å². The normalized spacial score (nSPS) is 20.0. The Morgan fingerprint density at radius 3 is 2.43 bits per heavy atom. The van der Waals surface area contributed by atoms with Crippen LogP contribution >= 0.6 is 0 Å². The standard InChI is InChI=1S/C29H39N3O3/c1-20(2)27(31-26(33)18-21-14-15-22-9-6-7-10-23(22)17-21)29(35)32-16-8-11-24(19-32)28(34)30-25-12-4-3-5-13-25/h6-7,9-10,14-15,17,20,24-25,27H,3-5,8,11-13,16,18-19H2,1-2H3,(H,30,34)(H,31,33)/t24-,27+/m0/s1. The van der Waals surface area contributed by atoms with E-state index in [1.807, 2.05) is 56.3 Å². The van der Waals surface area contributed by atoms with E-state index in [2.05, 4.69) is 10.6 Å². The highest BCUT2D eigenvalue weighted by Crippen LogP contribution is 2.22. The van der Waals surface area contributed by atoms with Crippen LogP contribution in [0.25, 0.3) is 10.8 Å². The summed E-state index contributed by atoms with van der Waals surface area (Å²) < 4.78 is 0. The lowest BCUT2D eigenvalue weighted by Crippen LogP contribution is -2.55. The molecule has 1 heterocycles. The molecule has 1 saturated carbocycles. The van der Waals surface area contributed by atoms with Gasteiger partial charge in [-0.3, -0.25) is 14.4 Å². The lowest BCUT2D eigenvalue weighted by Gasteiger charge is -2.36. The predicted molar refractivity (Wildman–Crippen MR) is 139 cm³/mol. The van der Waals surface area contributed by atoms with Crippen molar-refractivity contribution in [2.45, 2.75) is 77.3 Å². The van der Waals surface area contributed by atoms with Crippen LogP contribution in [0.2, 0.25) is 0 Å². The van der Waals surface area contributed by atoms with Crippen molar-refractivity contribution in [3.63, 3.8) is 0 Å². The molecule has 2 aliphatic rings. The fourth-order valence-electron chi connectivity index (χ4n) is 5.43. The van der Waals surface area contributed by atoms with Crippen LogP contribution in [0.15, 0.2) is 42.5 Å². The summed E-state index contributed by atoms with van der Waals surface area (Å²) in [7, 11) is 0. The van der Waals surface area contributed by atoms with Gasteiger partial charge in [0.15, 0.2) is 0 Å². The van der Waals surface area contributed by atoms with E-state index in [9.17, 15) is 14.4 Å². The molecule has 1 aliphatic heterocycles. The molecule has 0 spiro atoms. The number of carbonyl (C=O) groups is 3. The molecule has 1 aliphatic carbocycles. The van der Waals surface area contributed by atoms with Crippen molar-refractivity contribution >= 4 is 28.5 Å². The summed E-state index contributed by atoms with van der Waals surface area (Å²) in [6, 6.07) is 13.8. The largest absolute Gasteiger partial charge is 0.353 e. The summed E-state index contributed by atoms with van der Waals surface area (Å²) in [6.45, 7) is 4.98. The van der Waals surface area contributed by atoms with E-state index in [1.54, 1.807) is 4.90 Å². The molecule has 6 heteroatoms. The first kappa shape index (κ1) is 25.2. The van der Waals surface area contributed by atoms with Gasteiger partial charge in [0.2, 0.25) is 17.7 Å². The van der Waals surface area contributed by atoms with E-state index in [0.717, 1.165) is 42.0 Å². The Balaban J connectivity index is 1.35.